The van der Waals surface area contributed by atoms with Gasteiger partial charge in [-0.2, -0.15) is 13.2 Å². The molecule has 1 saturated heterocycles. The summed E-state index contributed by atoms with van der Waals surface area (Å²) in [7, 11) is 0. The summed E-state index contributed by atoms with van der Waals surface area (Å²) in [6.45, 7) is 0.405. The maximum atomic E-state index is 12.4. The average molecular weight is 273 g/mol. The van der Waals surface area contributed by atoms with Crippen LogP contribution in [0, 0.1) is 5.92 Å². The molecule has 1 aliphatic rings. The van der Waals surface area contributed by atoms with E-state index < -0.39 is 12.7 Å². The molecule has 1 aliphatic heterocycles. The Morgan fingerprint density at radius 2 is 2.00 bits per heavy atom. The lowest BCUT2D eigenvalue weighted by atomic mass is 9.94. The zero-order valence-electron chi connectivity index (χ0n) is 10.6. The molecular formula is C14H18F3NO. The number of alkyl halides is 3. The van der Waals surface area contributed by atoms with Crippen LogP contribution in [0.3, 0.4) is 0 Å². The molecule has 2 rings (SSSR count). The quantitative estimate of drug-likeness (QED) is 0.888. The van der Waals surface area contributed by atoms with E-state index in [0.717, 1.165) is 12.0 Å². The van der Waals surface area contributed by atoms with Gasteiger partial charge in [-0.25, -0.2) is 0 Å². The number of hydrogen-bond donors (Lipinski definition) is 1. The minimum atomic E-state index is -4.18. The fraction of sp³-hybridized carbons (Fsp3) is 0.571. The van der Waals surface area contributed by atoms with Crippen molar-refractivity contribution in [2.45, 2.75) is 25.1 Å². The van der Waals surface area contributed by atoms with Crippen LogP contribution >= 0.6 is 0 Å². The Kier molecular flexibility index (Phi) is 4.82. The van der Waals surface area contributed by atoms with E-state index in [1.165, 1.54) is 0 Å². The van der Waals surface area contributed by atoms with E-state index in [1.54, 1.807) is 0 Å². The fourth-order valence-electron chi connectivity index (χ4n) is 2.36. The molecule has 0 spiro atoms. The Hall–Kier alpha value is -1.07. The minimum Gasteiger partial charge on any atom is -0.381 e. The molecule has 0 bridgehead atoms. The molecule has 0 amide bonds. The molecule has 0 aromatic heterocycles. The molecule has 1 N–H and O–H groups in total. The molecule has 19 heavy (non-hydrogen) atoms. The third kappa shape index (κ3) is 4.84. The van der Waals surface area contributed by atoms with E-state index in [-0.39, 0.29) is 6.04 Å². The van der Waals surface area contributed by atoms with Gasteiger partial charge in [0, 0.05) is 19.3 Å². The number of nitrogens with one attached hydrogen (secondary N) is 1. The van der Waals surface area contributed by atoms with Crippen molar-refractivity contribution in [3.05, 3.63) is 35.9 Å². The highest BCUT2D eigenvalue weighted by molar-refractivity contribution is 5.19. The summed E-state index contributed by atoms with van der Waals surface area (Å²) < 4.78 is 42.4. The van der Waals surface area contributed by atoms with Gasteiger partial charge in [-0.15, -0.1) is 0 Å². The first-order chi connectivity index (χ1) is 9.04. The van der Waals surface area contributed by atoms with Gasteiger partial charge in [-0.05, 0) is 24.3 Å². The van der Waals surface area contributed by atoms with Crippen molar-refractivity contribution in [1.82, 2.24) is 5.32 Å². The molecule has 2 atom stereocenters. The maximum Gasteiger partial charge on any atom is 0.401 e. The van der Waals surface area contributed by atoms with E-state index in [9.17, 15) is 13.2 Å². The molecule has 5 heteroatoms. The summed E-state index contributed by atoms with van der Waals surface area (Å²) in [4.78, 5) is 0. The highest BCUT2D eigenvalue weighted by Gasteiger charge is 2.29. The molecule has 1 aromatic carbocycles. The molecule has 1 aromatic rings. The van der Waals surface area contributed by atoms with Gasteiger partial charge in [-0.1, -0.05) is 30.3 Å². The standard InChI is InChI=1S/C14H18F3NO/c15-14(16,17)10-18-13(8-11-6-7-19-9-11)12-4-2-1-3-5-12/h1-5,11,13,18H,6-10H2/t11-,13-/m1/s1. The van der Waals surface area contributed by atoms with Crippen LogP contribution in [0.15, 0.2) is 30.3 Å². The minimum absolute atomic E-state index is 0.269. The van der Waals surface area contributed by atoms with Gasteiger partial charge in [0.25, 0.3) is 0 Å². The second-order valence-electron chi connectivity index (χ2n) is 4.92. The largest absolute Gasteiger partial charge is 0.401 e. The maximum absolute atomic E-state index is 12.4. The summed E-state index contributed by atoms with van der Waals surface area (Å²) >= 11 is 0. The van der Waals surface area contributed by atoms with Gasteiger partial charge in [0.2, 0.25) is 0 Å². The lowest BCUT2D eigenvalue weighted by Gasteiger charge is -2.22. The molecule has 1 heterocycles. The smallest absolute Gasteiger partial charge is 0.381 e. The summed E-state index contributed by atoms with van der Waals surface area (Å²) in [6, 6.07) is 9.02. The van der Waals surface area contributed by atoms with Crippen molar-refractivity contribution in [2.24, 2.45) is 5.92 Å². The van der Waals surface area contributed by atoms with Crippen molar-refractivity contribution >= 4 is 0 Å². The second-order valence-corrected chi connectivity index (χ2v) is 4.92. The lowest BCUT2D eigenvalue weighted by molar-refractivity contribution is -0.126. The summed E-state index contributed by atoms with van der Waals surface area (Å²) in [6.07, 6.45) is -2.57. The SMILES string of the molecule is FC(F)(F)CN[C@H](C[C@H]1CCOC1)c1ccccc1. The Morgan fingerprint density at radius 1 is 1.26 bits per heavy atom. The Morgan fingerprint density at radius 3 is 2.58 bits per heavy atom. The molecule has 0 saturated carbocycles. The number of ether oxygens (including phenoxy) is 1. The first-order valence-electron chi connectivity index (χ1n) is 6.47. The molecule has 0 aliphatic carbocycles. The number of rotatable bonds is 5. The average Bonchev–Trinajstić information content (AvgIpc) is 2.87. The number of benzene rings is 1. The normalized spacial score (nSPS) is 21.5. The summed E-state index contributed by atoms with van der Waals surface area (Å²) in [5.74, 6) is 0.339. The molecule has 1 fully saturated rings. The monoisotopic (exact) mass is 273 g/mol. The van der Waals surface area contributed by atoms with E-state index in [1.807, 2.05) is 30.3 Å². The third-order valence-electron chi connectivity index (χ3n) is 3.34. The van der Waals surface area contributed by atoms with Crippen LogP contribution in [0.5, 0.6) is 0 Å². The van der Waals surface area contributed by atoms with Crippen LogP contribution in [0.2, 0.25) is 0 Å². The second kappa shape index (κ2) is 6.39. The predicted octanol–water partition coefficient (Wildman–Crippen LogP) is 3.31. The van der Waals surface area contributed by atoms with Crippen LogP contribution < -0.4 is 5.32 Å². The van der Waals surface area contributed by atoms with Crippen LogP contribution in [-0.4, -0.2) is 25.9 Å². The van der Waals surface area contributed by atoms with Gasteiger partial charge >= 0.3 is 6.18 Å². The van der Waals surface area contributed by atoms with E-state index in [0.29, 0.717) is 25.6 Å². The summed E-state index contributed by atoms with van der Waals surface area (Å²) in [5.41, 5.74) is 0.902. The lowest BCUT2D eigenvalue weighted by Crippen LogP contribution is -2.33. The van der Waals surface area contributed by atoms with Crippen molar-refractivity contribution in [3.8, 4) is 0 Å². The molecular weight excluding hydrogens is 255 g/mol. The van der Waals surface area contributed by atoms with E-state index in [4.69, 9.17) is 4.74 Å². The van der Waals surface area contributed by atoms with Crippen molar-refractivity contribution in [2.75, 3.05) is 19.8 Å². The number of halogens is 3. The van der Waals surface area contributed by atoms with Crippen molar-refractivity contribution in [1.29, 1.82) is 0 Å². The highest BCUT2D eigenvalue weighted by atomic mass is 19.4. The predicted molar refractivity (Wildman–Crippen MR) is 66.8 cm³/mol. The van der Waals surface area contributed by atoms with E-state index >= 15 is 0 Å². The van der Waals surface area contributed by atoms with Gasteiger partial charge in [0.15, 0.2) is 0 Å². The zero-order valence-corrected chi connectivity index (χ0v) is 10.6. The number of hydrogen-bond acceptors (Lipinski definition) is 2. The summed E-state index contributed by atoms with van der Waals surface area (Å²) in [5, 5.41) is 2.62. The molecule has 0 radical (unpaired) electrons. The van der Waals surface area contributed by atoms with Crippen molar-refractivity contribution in [3.63, 3.8) is 0 Å². The van der Waals surface area contributed by atoms with Crippen LogP contribution in [0.25, 0.3) is 0 Å². The van der Waals surface area contributed by atoms with Crippen LogP contribution in [0.1, 0.15) is 24.4 Å². The molecule has 2 nitrogen and oxygen atoms in total. The van der Waals surface area contributed by atoms with Gasteiger partial charge < -0.3 is 10.1 Å². The van der Waals surface area contributed by atoms with Crippen molar-refractivity contribution < 1.29 is 17.9 Å². The first-order valence-corrected chi connectivity index (χ1v) is 6.47. The fourth-order valence-corrected chi connectivity index (χ4v) is 2.36. The Bertz CT molecular complexity index is 374. The first kappa shape index (κ1) is 14.3. The zero-order chi connectivity index (χ0) is 13.7. The van der Waals surface area contributed by atoms with Gasteiger partial charge in [0.1, 0.15) is 0 Å². The third-order valence-corrected chi connectivity index (χ3v) is 3.34. The Labute approximate surface area is 111 Å². The Balaban J connectivity index is 2.00. The van der Waals surface area contributed by atoms with Gasteiger partial charge in [0.05, 0.1) is 6.54 Å². The van der Waals surface area contributed by atoms with Crippen LogP contribution in [-0.2, 0) is 4.74 Å². The highest BCUT2D eigenvalue weighted by Crippen LogP contribution is 2.27. The topological polar surface area (TPSA) is 21.3 Å². The molecule has 0 unspecified atom stereocenters. The van der Waals surface area contributed by atoms with Crippen LogP contribution in [0.4, 0.5) is 13.2 Å². The van der Waals surface area contributed by atoms with Gasteiger partial charge in [-0.3, -0.25) is 0 Å². The molecule has 106 valence electrons. The van der Waals surface area contributed by atoms with E-state index in [2.05, 4.69) is 5.32 Å².